The first-order valence-electron chi connectivity index (χ1n) is 5.02. The number of ether oxygens (including phenoxy) is 1. The molecule has 88 valence electrons. The van der Waals surface area contributed by atoms with Crippen molar-refractivity contribution in [3.63, 3.8) is 0 Å². The molecule has 0 saturated carbocycles. The van der Waals surface area contributed by atoms with Gasteiger partial charge in [-0.1, -0.05) is 6.07 Å². The molecule has 0 spiro atoms. The lowest BCUT2D eigenvalue weighted by Crippen LogP contribution is -2.05. The van der Waals surface area contributed by atoms with Crippen LogP contribution in [0.3, 0.4) is 0 Å². The number of aromatic nitrogens is 2. The molecule has 2 aromatic heterocycles. The van der Waals surface area contributed by atoms with E-state index in [0.29, 0.717) is 5.65 Å². The molecule has 2 rings (SSSR count). The number of pyridine rings is 1. The van der Waals surface area contributed by atoms with Gasteiger partial charge < -0.3 is 9.84 Å². The topological polar surface area (TPSA) is 80.9 Å². The predicted octanol–water partition coefficient (Wildman–Crippen LogP) is 1.21. The van der Waals surface area contributed by atoms with Crippen LogP contribution in [0.25, 0.3) is 5.65 Å². The lowest BCUT2D eigenvalue weighted by atomic mass is 10.3. The van der Waals surface area contributed by atoms with Crippen molar-refractivity contribution in [2.45, 2.75) is 6.92 Å². The second-order valence-electron chi connectivity index (χ2n) is 3.29. The Balaban J connectivity index is 2.54. The van der Waals surface area contributed by atoms with Crippen LogP contribution in [0.4, 0.5) is 0 Å². The van der Waals surface area contributed by atoms with Gasteiger partial charge in [0.2, 0.25) is 0 Å². The maximum Gasteiger partial charge on any atom is 0.358 e. The second-order valence-corrected chi connectivity index (χ2v) is 3.29. The van der Waals surface area contributed by atoms with Crippen molar-refractivity contribution in [1.82, 2.24) is 9.38 Å². The smallest absolute Gasteiger partial charge is 0.358 e. The fraction of sp³-hybridized carbons (Fsp3) is 0.182. The van der Waals surface area contributed by atoms with E-state index in [1.807, 2.05) is 0 Å². The van der Waals surface area contributed by atoms with Crippen molar-refractivity contribution in [2.75, 3.05) is 6.61 Å². The van der Waals surface area contributed by atoms with Gasteiger partial charge >= 0.3 is 11.9 Å². The van der Waals surface area contributed by atoms with Crippen LogP contribution in [0.1, 0.15) is 27.9 Å². The van der Waals surface area contributed by atoms with Crippen molar-refractivity contribution < 1.29 is 19.4 Å². The highest BCUT2D eigenvalue weighted by Gasteiger charge is 2.15. The minimum atomic E-state index is -1.08. The van der Waals surface area contributed by atoms with Crippen LogP contribution >= 0.6 is 0 Å². The molecule has 17 heavy (non-hydrogen) atoms. The van der Waals surface area contributed by atoms with Gasteiger partial charge in [0.05, 0.1) is 6.61 Å². The summed E-state index contributed by atoms with van der Waals surface area (Å²) in [4.78, 5) is 26.4. The van der Waals surface area contributed by atoms with E-state index in [0.717, 1.165) is 0 Å². The number of rotatable bonds is 3. The summed E-state index contributed by atoms with van der Waals surface area (Å²) in [7, 11) is 0. The highest BCUT2D eigenvalue weighted by Crippen LogP contribution is 2.10. The molecule has 0 fully saturated rings. The standard InChI is InChI=1S/C11H10N2O4/c1-2-17-11(16)7-6-13-8(10(14)15)4-3-5-9(13)12-7/h3-6H,2H2,1H3,(H,14,15). The first-order valence-corrected chi connectivity index (χ1v) is 5.02. The van der Waals surface area contributed by atoms with E-state index in [2.05, 4.69) is 4.98 Å². The Hall–Kier alpha value is -2.37. The number of carboxylic acid groups (broad SMARTS) is 1. The number of hydrogen-bond acceptors (Lipinski definition) is 4. The summed E-state index contributed by atoms with van der Waals surface area (Å²) in [5.41, 5.74) is 0.541. The molecule has 2 heterocycles. The van der Waals surface area contributed by atoms with E-state index in [1.54, 1.807) is 19.1 Å². The first-order chi connectivity index (χ1) is 8.13. The molecule has 1 N–H and O–H groups in total. The molecule has 0 radical (unpaired) electrons. The summed E-state index contributed by atoms with van der Waals surface area (Å²) in [5, 5.41) is 8.97. The average molecular weight is 234 g/mol. The Morgan fingerprint density at radius 3 is 2.88 bits per heavy atom. The van der Waals surface area contributed by atoms with E-state index in [-0.39, 0.29) is 18.0 Å². The van der Waals surface area contributed by atoms with Crippen LogP contribution in [-0.4, -0.2) is 33.0 Å². The van der Waals surface area contributed by atoms with Gasteiger partial charge in [0.25, 0.3) is 0 Å². The maximum absolute atomic E-state index is 11.4. The summed E-state index contributed by atoms with van der Waals surface area (Å²) < 4.78 is 6.14. The number of carbonyl (C=O) groups excluding carboxylic acids is 1. The highest BCUT2D eigenvalue weighted by atomic mass is 16.5. The van der Waals surface area contributed by atoms with Crippen molar-refractivity contribution in [2.24, 2.45) is 0 Å². The number of hydrogen-bond donors (Lipinski definition) is 1. The largest absolute Gasteiger partial charge is 0.477 e. The van der Waals surface area contributed by atoms with Gasteiger partial charge in [0.1, 0.15) is 11.3 Å². The Bertz CT molecular complexity index is 588. The molecule has 6 heteroatoms. The van der Waals surface area contributed by atoms with E-state index in [9.17, 15) is 9.59 Å². The molecule has 0 bridgehead atoms. The first kappa shape index (κ1) is 11.1. The van der Waals surface area contributed by atoms with Crippen LogP contribution in [0.15, 0.2) is 24.4 Å². The van der Waals surface area contributed by atoms with Crippen LogP contribution in [0.2, 0.25) is 0 Å². The van der Waals surface area contributed by atoms with Gasteiger partial charge in [-0.3, -0.25) is 4.40 Å². The average Bonchev–Trinajstić information content (AvgIpc) is 2.72. The van der Waals surface area contributed by atoms with Gasteiger partial charge in [0.15, 0.2) is 5.69 Å². The van der Waals surface area contributed by atoms with E-state index >= 15 is 0 Å². The zero-order valence-electron chi connectivity index (χ0n) is 9.08. The molecule has 0 saturated heterocycles. The lowest BCUT2D eigenvalue weighted by molar-refractivity contribution is 0.0519. The monoisotopic (exact) mass is 234 g/mol. The molecule has 0 aliphatic carbocycles. The summed E-state index contributed by atoms with van der Waals surface area (Å²) in [5.74, 6) is -1.64. The minimum absolute atomic E-state index is 0.0468. The third-order valence-corrected chi connectivity index (χ3v) is 2.20. The lowest BCUT2D eigenvalue weighted by Gasteiger charge is -1.97. The van der Waals surface area contributed by atoms with Gasteiger partial charge in [0, 0.05) is 6.20 Å². The van der Waals surface area contributed by atoms with E-state index in [1.165, 1.54) is 16.7 Å². The quantitative estimate of drug-likeness (QED) is 0.807. The summed E-state index contributed by atoms with van der Waals surface area (Å²) >= 11 is 0. The second kappa shape index (κ2) is 4.25. The van der Waals surface area contributed by atoms with Gasteiger partial charge in [-0.2, -0.15) is 0 Å². The number of fused-ring (bicyclic) bond motifs is 1. The summed E-state index contributed by atoms with van der Waals surface area (Å²) in [6.45, 7) is 1.94. The molecular formula is C11H10N2O4. The van der Waals surface area contributed by atoms with Crippen LogP contribution in [0, 0.1) is 0 Å². The molecule has 0 aliphatic heterocycles. The Morgan fingerprint density at radius 1 is 1.47 bits per heavy atom. The fourth-order valence-corrected chi connectivity index (χ4v) is 1.49. The number of nitrogens with zero attached hydrogens (tertiary/aromatic N) is 2. The van der Waals surface area contributed by atoms with Crippen molar-refractivity contribution in [1.29, 1.82) is 0 Å². The van der Waals surface area contributed by atoms with Crippen molar-refractivity contribution in [3.8, 4) is 0 Å². The normalized spacial score (nSPS) is 10.4. The van der Waals surface area contributed by atoms with Crippen molar-refractivity contribution >= 4 is 17.6 Å². The Labute approximate surface area is 96.5 Å². The molecule has 0 amide bonds. The fourth-order valence-electron chi connectivity index (χ4n) is 1.49. The molecule has 6 nitrogen and oxygen atoms in total. The zero-order chi connectivity index (χ0) is 12.4. The van der Waals surface area contributed by atoms with E-state index in [4.69, 9.17) is 9.84 Å². The molecule has 2 aromatic rings. The molecular weight excluding hydrogens is 224 g/mol. The van der Waals surface area contributed by atoms with Gasteiger partial charge in [-0.05, 0) is 19.1 Å². The maximum atomic E-state index is 11.4. The summed E-state index contributed by atoms with van der Waals surface area (Å²) in [6, 6.07) is 4.63. The number of imidazole rings is 1. The van der Waals surface area contributed by atoms with Gasteiger partial charge in [-0.25, -0.2) is 14.6 Å². The van der Waals surface area contributed by atoms with Crippen LogP contribution < -0.4 is 0 Å². The molecule has 0 aliphatic rings. The number of carbonyl (C=O) groups is 2. The SMILES string of the molecule is CCOC(=O)c1cn2c(C(=O)O)cccc2n1. The van der Waals surface area contributed by atoms with Crippen LogP contribution in [-0.2, 0) is 4.74 Å². The van der Waals surface area contributed by atoms with Crippen molar-refractivity contribution in [3.05, 3.63) is 35.8 Å². The van der Waals surface area contributed by atoms with Crippen LogP contribution in [0.5, 0.6) is 0 Å². The third kappa shape index (κ3) is 1.96. The van der Waals surface area contributed by atoms with E-state index < -0.39 is 11.9 Å². The minimum Gasteiger partial charge on any atom is -0.477 e. The zero-order valence-corrected chi connectivity index (χ0v) is 9.08. The predicted molar refractivity (Wildman–Crippen MR) is 58.1 cm³/mol. The van der Waals surface area contributed by atoms with Gasteiger partial charge in [-0.15, -0.1) is 0 Å². The Kier molecular flexibility index (Phi) is 2.78. The molecule has 0 unspecified atom stereocenters. The Morgan fingerprint density at radius 2 is 2.24 bits per heavy atom. The highest BCUT2D eigenvalue weighted by molar-refractivity contribution is 5.90. The molecule has 0 aromatic carbocycles. The molecule has 0 atom stereocenters. The third-order valence-electron chi connectivity index (χ3n) is 2.20. The number of carboxylic acids is 1. The summed E-state index contributed by atoms with van der Waals surface area (Å²) in [6.07, 6.45) is 1.36. The number of esters is 1. The number of aromatic carboxylic acids is 1.